The number of aliphatic carboxylic acids is 1. The first-order chi connectivity index (χ1) is 9.78. The number of ether oxygens (including phenoxy) is 1. The Hall–Kier alpha value is -2.63. The number of hydrogen-bond acceptors (Lipinski definition) is 4. The van der Waals surface area contributed by atoms with Crippen molar-refractivity contribution in [2.45, 2.75) is 26.4 Å². The molecular weight excluding hydrogens is 272 g/mol. The van der Waals surface area contributed by atoms with Gasteiger partial charge in [-0.25, -0.2) is 9.59 Å². The van der Waals surface area contributed by atoms with Crippen LogP contribution in [0, 0.1) is 0 Å². The van der Waals surface area contributed by atoms with Crippen LogP contribution in [0.3, 0.4) is 0 Å². The van der Waals surface area contributed by atoms with Gasteiger partial charge >= 0.3 is 11.9 Å². The molecule has 2 rings (SSSR count). The molecule has 110 valence electrons. The van der Waals surface area contributed by atoms with Crippen LogP contribution in [0.15, 0.2) is 30.1 Å². The molecule has 0 spiro atoms. The van der Waals surface area contributed by atoms with Crippen molar-refractivity contribution in [2.24, 2.45) is 0 Å². The number of pyridine rings is 1. The van der Waals surface area contributed by atoms with E-state index in [2.05, 4.69) is 9.97 Å². The van der Waals surface area contributed by atoms with E-state index in [-0.39, 0.29) is 0 Å². The van der Waals surface area contributed by atoms with Gasteiger partial charge in [0.15, 0.2) is 0 Å². The second kappa shape index (κ2) is 5.40. The summed E-state index contributed by atoms with van der Waals surface area (Å²) in [5, 5.41) is 9.21. The van der Waals surface area contributed by atoms with Gasteiger partial charge in [0.1, 0.15) is 11.2 Å². The summed E-state index contributed by atoms with van der Waals surface area (Å²) in [6, 6.07) is 3.58. The molecule has 0 bridgehead atoms. The Morgan fingerprint density at radius 3 is 2.71 bits per heavy atom. The van der Waals surface area contributed by atoms with Gasteiger partial charge in [-0.1, -0.05) is 0 Å². The third-order valence-electron chi connectivity index (χ3n) is 2.61. The molecule has 2 aromatic heterocycles. The van der Waals surface area contributed by atoms with Gasteiger partial charge in [0, 0.05) is 18.0 Å². The molecule has 21 heavy (non-hydrogen) atoms. The van der Waals surface area contributed by atoms with Crippen molar-refractivity contribution >= 4 is 29.0 Å². The molecule has 6 nitrogen and oxygen atoms in total. The van der Waals surface area contributed by atoms with E-state index in [0.717, 1.165) is 5.52 Å². The lowest BCUT2D eigenvalue weighted by Gasteiger charge is -2.19. The summed E-state index contributed by atoms with van der Waals surface area (Å²) in [6.07, 6.45) is 4.47. The van der Waals surface area contributed by atoms with Crippen LogP contribution in [0.1, 0.15) is 26.3 Å². The minimum absolute atomic E-state index is 0.434. The Bertz CT molecular complexity index is 723. The number of aromatic amines is 1. The van der Waals surface area contributed by atoms with Crippen LogP contribution in [0.2, 0.25) is 0 Å². The Kier molecular flexibility index (Phi) is 3.80. The topological polar surface area (TPSA) is 92.3 Å². The second-order valence-corrected chi connectivity index (χ2v) is 5.51. The van der Waals surface area contributed by atoms with Crippen LogP contribution in [0.25, 0.3) is 17.1 Å². The monoisotopic (exact) mass is 288 g/mol. The molecule has 2 N–H and O–H groups in total. The molecule has 0 aromatic carbocycles. The van der Waals surface area contributed by atoms with Crippen LogP contribution < -0.4 is 0 Å². The highest BCUT2D eigenvalue weighted by molar-refractivity contribution is 6.17. The predicted molar refractivity (Wildman–Crippen MR) is 77.6 cm³/mol. The van der Waals surface area contributed by atoms with Crippen molar-refractivity contribution < 1.29 is 19.4 Å². The average Bonchev–Trinajstić information content (AvgIpc) is 2.76. The van der Waals surface area contributed by atoms with Crippen molar-refractivity contribution in [3.8, 4) is 0 Å². The number of fused-ring (bicyclic) bond motifs is 1. The van der Waals surface area contributed by atoms with E-state index in [1.807, 2.05) is 6.07 Å². The lowest BCUT2D eigenvalue weighted by Crippen LogP contribution is -2.27. The van der Waals surface area contributed by atoms with Crippen molar-refractivity contribution in [1.82, 2.24) is 9.97 Å². The Balaban J connectivity index is 2.43. The number of carboxylic acid groups (broad SMARTS) is 1. The van der Waals surface area contributed by atoms with E-state index in [1.165, 1.54) is 6.08 Å². The normalized spacial score (nSPS) is 12.4. The quantitative estimate of drug-likeness (QED) is 0.391. The number of H-pyrrole nitrogens is 1. The maximum Gasteiger partial charge on any atom is 0.346 e. The van der Waals surface area contributed by atoms with Gasteiger partial charge in [0.25, 0.3) is 0 Å². The Morgan fingerprint density at radius 1 is 1.38 bits per heavy atom. The average molecular weight is 288 g/mol. The molecule has 6 heteroatoms. The summed E-state index contributed by atoms with van der Waals surface area (Å²) in [5.74, 6) is -2.21. The van der Waals surface area contributed by atoms with E-state index >= 15 is 0 Å². The summed E-state index contributed by atoms with van der Waals surface area (Å²) in [7, 11) is 0. The van der Waals surface area contributed by atoms with Crippen molar-refractivity contribution in [3.63, 3.8) is 0 Å². The van der Waals surface area contributed by atoms with Gasteiger partial charge in [-0.2, -0.15) is 0 Å². The molecule has 2 aromatic rings. The maximum atomic E-state index is 12.0. The number of nitrogens with zero attached hydrogens (tertiary/aromatic N) is 1. The fourth-order valence-corrected chi connectivity index (χ4v) is 1.78. The Labute approximate surface area is 121 Å². The minimum Gasteiger partial charge on any atom is -0.477 e. The predicted octanol–water partition coefficient (Wildman–Crippen LogP) is 2.37. The van der Waals surface area contributed by atoms with E-state index in [0.29, 0.717) is 11.1 Å². The van der Waals surface area contributed by atoms with Gasteiger partial charge < -0.3 is 14.8 Å². The molecule has 2 heterocycles. The fraction of sp³-hybridized carbons (Fsp3) is 0.267. The zero-order valence-electron chi connectivity index (χ0n) is 12.0. The summed E-state index contributed by atoms with van der Waals surface area (Å²) >= 11 is 0. The summed E-state index contributed by atoms with van der Waals surface area (Å²) < 4.78 is 5.10. The number of carbonyl (C=O) groups is 2. The first-order valence-corrected chi connectivity index (χ1v) is 6.38. The van der Waals surface area contributed by atoms with Gasteiger partial charge in [-0.05, 0) is 39.0 Å². The number of esters is 1. The zero-order chi connectivity index (χ0) is 15.6. The number of nitrogens with one attached hydrogen (secondary N) is 1. The van der Waals surface area contributed by atoms with Crippen molar-refractivity contribution in [1.29, 1.82) is 0 Å². The Morgan fingerprint density at radius 2 is 2.10 bits per heavy atom. The number of hydrogen-bond donors (Lipinski definition) is 2. The smallest absolute Gasteiger partial charge is 0.346 e. The second-order valence-electron chi connectivity index (χ2n) is 5.51. The van der Waals surface area contributed by atoms with E-state index < -0.39 is 23.1 Å². The highest BCUT2D eigenvalue weighted by atomic mass is 16.6. The van der Waals surface area contributed by atoms with Crippen LogP contribution in [0.5, 0.6) is 0 Å². The lowest BCUT2D eigenvalue weighted by molar-refractivity contribution is -0.152. The van der Waals surface area contributed by atoms with E-state index in [1.54, 1.807) is 39.2 Å². The highest BCUT2D eigenvalue weighted by Gasteiger charge is 2.25. The van der Waals surface area contributed by atoms with Gasteiger partial charge in [0.2, 0.25) is 0 Å². The fourth-order valence-electron chi connectivity index (χ4n) is 1.78. The lowest BCUT2D eigenvalue weighted by atomic mass is 10.1. The highest BCUT2D eigenvalue weighted by Crippen LogP contribution is 2.20. The van der Waals surface area contributed by atoms with Crippen LogP contribution in [-0.2, 0) is 14.3 Å². The number of carbonyl (C=O) groups excluding carboxylic acids is 1. The molecule has 0 aliphatic heterocycles. The van der Waals surface area contributed by atoms with Crippen molar-refractivity contribution in [2.75, 3.05) is 0 Å². The van der Waals surface area contributed by atoms with E-state index in [4.69, 9.17) is 4.74 Å². The van der Waals surface area contributed by atoms with Gasteiger partial charge in [-0.15, -0.1) is 0 Å². The zero-order valence-corrected chi connectivity index (χ0v) is 12.0. The SMILES string of the molecule is CC(C)(C)OC(=O)/C(=C/c1c[nH]c2cccnc12)C(=O)O. The molecular formula is C15H16N2O4. The molecule has 0 unspecified atom stereocenters. The summed E-state index contributed by atoms with van der Waals surface area (Å²) in [6.45, 7) is 5.03. The molecule has 0 radical (unpaired) electrons. The molecule has 0 aliphatic carbocycles. The summed E-state index contributed by atoms with van der Waals surface area (Å²) in [4.78, 5) is 30.4. The largest absolute Gasteiger partial charge is 0.477 e. The standard InChI is InChI=1S/C15H16N2O4/c1-15(2,3)21-14(20)10(13(18)19)7-9-8-17-11-5-4-6-16-12(9)11/h4-8,17H,1-3H3,(H,18,19)/b10-7+. The van der Waals surface area contributed by atoms with Crippen LogP contribution >= 0.6 is 0 Å². The number of aromatic nitrogens is 2. The van der Waals surface area contributed by atoms with Gasteiger partial charge in [0.05, 0.1) is 11.0 Å². The maximum absolute atomic E-state index is 12.0. The summed E-state index contributed by atoms with van der Waals surface area (Å²) in [5.41, 5.74) is 0.687. The number of rotatable bonds is 3. The van der Waals surface area contributed by atoms with Crippen LogP contribution in [-0.4, -0.2) is 32.6 Å². The first-order valence-electron chi connectivity index (χ1n) is 6.38. The number of carboxylic acids is 1. The molecule has 0 amide bonds. The first kappa shape index (κ1) is 14.8. The van der Waals surface area contributed by atoms with Gasteiger partial charge in [-0.3, -0.25) is 4.98 Å². The third-order valence-corrected chi connectivity index (χ3v) is 2.61. The third kappa shape index (κ3) is 3.47. The van der Waals surface area contributed by atoms with Crippen molar-refractivity contribution in [3.05, 3.63) is 35.7 Å². The molecule has 0 atom stereocenters. The molecule has 0 saturated carbocycles. The minimum atomic E-state index is -1.34. The molecule has 0 aliphatic rings. The van der Waals surface area contributed by atoms with E-state index in [9.17, 15) is 14.7 Å². The molecule has 0 fully saturated rings. The van der Waals surface area contributed by atoms with Crippen LogP contribution in [0.4, 0.5) is 0 Å². The molecule has 0 saturated heterocycles.